The van der Waals surface area contributed by atoms with E-state index in [4.69, 9.17) is 0 Å². The number of hydrogen-bond acceptors (Lipinski definition) is 0. The van der Waals surface area contributed by atoms with E-state index < -0.39 is 0 Å². The largest absolute Gasteiger partial charge is 0.354 e. The summed E-state index contributed by atoms with van der Waals surface area (Å²) in [5, 5.41) is 0. The summed E-state index contributed by atoms with van der Waals surface area (Å²) in [6.07, 6.45) is 0. The number of aryl methyl sites for hydroxylation is 1. The first-order valence-electron chi connectivity index (χ1n) is 8.23. The number of aromatic nitrogens is 1. The molecular weight excluding hydrogens is 290 g/mol. The van der Waals surface area contributed by atoms with E-state index in [2.05, 4.69) is 96.8 Å². The van der Waals surface area contributed by atoms with Crippen molar-refractivity contribution in [2.24, 2.45) is 0 Å². The minimum atomic E-state index is 1.15. The molecule has 0 aliphatic rings. The highest BCUT2D eigenvalue weighted by Crippen LogP contribution is 2.36. The Bertz CT molecular complexity index is 950. The highest BCUT2D eigenvalue weighted by atomic mass is 14.7. The summed E-state index contributed by atoms with van der Waals surface area (Å²) in [6.45, 7) is 2.16. The monoisotopic (exact) mass is 309 g/mol. The second-order valence-corrected chi connectivity index (χ2v) is 6.02. The molecule has 1 aromatic heterocycles. The minimum absolute atomic E-state index is 1.15. The van der Waals surface area contributed by atoms with Gasteiger partial charge in [0.1, 0.15) is 0 Å². The molecule has 3 aromatic carbocycles. The molecular formula is C23H19N. The Morgan fingerprint density at radius 3 is 1.83 bits per heavy atom. The zero-order valence-corrected chi connectivity index (χ0v) is 13.7. The first-order valence-corrected chi connectivity index (χ1v) is 8.23. The maximum Gasteiger partial charge on any atom is 0.0541 e. The first kappa shape index (κ1) is 14.5. The van der Waals surface area contributed by atoms with Gasteiger partial charge in [-0.2, -0.15) is 0 Å². The van der Waals surface area contributed by atoms with Gasteiger partial charge in [0.2, 0.25) is 0 Å². The van der Waals surface area contributed by atoms with Gasteiger partial charge in [0.15, 0.2) is 0 Å². The van der Waals surface area contributed by atoms with E-state index in [1.807, 2.05) is 6.07 Å². The lowest BCUT2D eigenvalue weighted by molar-refractivity contribution is 1.36. The topological polar surface area (TPSA) is 15.8 Å². The highest BCUT2D eigenvalue weighted by molar-refractivity contribution is 5.86. The molecule has 4 rings (SSSR count). The molecule has 0 aliphatic carbocycles. The van der Waals surface area contributed by atoms with Crippen molar-refractivity contribution >= 4 is 0 Å². The number of nitrogens with one attached hydrogen (secondary N) is 1. The Hall–Kier alpha value is -3.06. The molecule has 4 aromatic rings. The summed E-state index contributed by atoms with van der Waals surface area (Å²) in [5.41, 5.74) is 8.52. The van der Waals surface area contributed by atoms with Gasteiger partial charge in [-0.05, 0) is 29.7 Å². The molecule has 0 amide bonds. The van der Waals surface area contributed by atoms with E-state index in [0.717, 1.165) is 5.69 Å². The van der Waals surface area contributed by atoms with Crippen LogP contribution < -0.4 is 0 Å². The van der Waals surface area contributed by atoms with Crippen LogP contribution in [0, 0.1) is 6.92 Å². The molecule has 0 radical (unpaired) electrons. The first-order chi connectivity index (χ1) is 11.8. The van der Waals surface area contributed by atoms with Crippen molar-refractivity contribution in [2.45, 2.75) is 6.92 Å². The van der Waals surface area contributed by atoms with Gasteiger partial charge >= 0.3 is 0 Å². The van der Waals surface area contributed by atoms with Gasteiger partial charge in [-0.3, -0.25) is 0 Å². The maximum atomic E-state index is 3.65. The summed E-state index contributed by atoms with van der Waals surface area (Å²) in [6, 6.07) is 31.8. The zero-order valence-electron chi connectivity index (χ0n) is 13.7. The van der Waals surface area contributed by atoms with Crippen molar-refractivity contribution in [3.8, 4) is 33.6 Å². The summed E-state index contributed by atoms with van der Waals surface area (Å²) >= 11 is 0. The average Bonchev–Trinajstić information content (AvgIpc) is 3.09. The van der Waals surface area contributed by atoms with Crippen LogP contribution in [-0.2, 0) is 0 Å². The SMILES string of the molecule is Cc1ccccc1-c1[nH]c(-c2ccccc2)cc1-c1ccccc1. The highest BCUT2D eigenvalue weighted by Gasteiger charge is 2.14. The van der Waals surface area contributed by atoms with Crippen LogP contribution in [-0.4, -0.2) is 4.98 Å². The molecule has 0 saturated carbocycles. The third kappa shape index (κ3) is 2.65. The molecule has 1 N–H and O–H groups in total. The van der Waals surface area contributed by atoms with E-state index in [0.29, 0.717) is 0 Å². The van der Waals surface area contributed by atoms with Gasteiger partial charge < -0.3 is 4.98 Å². The van der Waals surface area contributed by atoms with Crippen molar-refractivity contribution in [2.75, 3.05) is 0 Å². The molecule has 24 heavy (non-hydrogen) atoms. The third-order valence-electron chi connectivity index (χ3n) is 4.40. The molecule has 1 heteroatoms. The predicted molar refractivity (Wildman–Crippen MR) is 102 cm³/mol. The van der Waals surface area contributed by atoms with Gasteiger partial charge in [-0.25, -0.2) is 0 Å². The average molecular weight is 309 g/mol. The van der Waals surface area contributed by atoms with E-state index in [-0.39, 0.29) is 0 Å². The summed E-state index contributed by atoms with van der Waals surface area (Å²) < 4.78 is 0. The summed E-state index contributed by atoms with van der Waals surface area (Å²) in [5.74, 6) is 0. The Kier molecular flexibility index (Phi) is 3.76. The number of benzene rings is 3. The van der Waals surface area contributed by atoms with Gasteiger partial charge in [0.25, 0.3) is 0 Å². The lowest BCUT2D eigenvalue weighted by atomic mass is 9.98. The standard InChI is InChI=1S/C23H19N/c1-17-10-8-9-15-20(17)23-21(18-11-4-2-5-12-18)16-22(24-23)19-13-6-3-7-14-19/h2-16,24H,1H3. The normalized spacial score (nSPS) is 10.7. The number of rotatable bonds is 3. The van der Waals surface area contributed by atoms with Crippen LogP contribution >= 0.6 is 0 Å². The second-order valence-electron chi connectivity index (χ2n) is 6.02. The van der Waals surface area contributed by atoms with Gasteiger partial charge in [0, 0.05) is 16.8 Å². The van der Waals surface area contributed by atoms with Crippen LogP contribution in [0.25, 0.3) is 33.6 Å². The molecule has 116 valence electrons. The fourth-order valence-electron chi connectivity index (χ4n) is 3.14. The smallest absolute Gasteiger partial charge is 0.0541 e. The number of aromatic amines is 1. The Balaban J connectivity index is 1.94. The fourth-order valence-corrected chi connectivity index (χ4v) is 3.14. The Morgan fingerprint density at radius 1 is 0.583 bits per heavy atom. The van der Waals surface area contributed by atoms with Crippen LogP contribution in [0.5, 0.6) is 0 Å². The third-order valence-corrected chi connectivity index (χ3v) is 4.40. The number of H-pyrrole nitrogens is 1. The zero-order chi connectivity index (χ0) is 16.4. The van der Waals surface area contributed by atoms with Crippen LogP contribution in [0.3, 0.4) is 0 Å². The Morgan fingerprint density at radius 2 is 1.17 bits per heavy atom. The second kappa shape index (κ2) is 6.21. The van der Waals surface area contributed by atoms with Crippen molar-refractivity contribution in [3.05, 3.63) is 96.6 Å². The maximum absolute atomic E-state index is 3.65. The van der Waals surface area contributed by atoms with E-state index in [1.165, 1.54) is 33.5 Å². The van der Waals surface area contributed by atoms with Crippen molar-refractivity contribution < 1.29 is 0 Å². The van der Waals surface area contributed by atoms with Crippen molar-refractivity contribution in [3.63, 3.8) is 0 Å². The van der Waals surface area contributed by atoms with Gasteiger partial charge in [-0.15, -0.1) is 0 Å². The molecule has 0 unspecified atom stereocenters. The molecule has 0 atom stereocenters. The molecule has 1 heterocycles. The fraction of sp³-hybridized carbons (Fsp3) is 0.0435. The van der Waals surface area contributed by atoms with Crippen molar-refractivity contribution in [1.82, 2.24) is 4.98 Å². The molecule has 1 nitrogen and oxygen atoms in total. The van der Waals surface area contributed by atoms with E-state index in [9.17, 15) is 0 Å². The minimum Gasteiger partial charge on any atom is -0.354 e. The van der Waals surface area contributed by atoms with Crippen molar-refractivity contribution in [1.29, 1.82) is 0 Å². The lowest BCUT2D eigenvalue weighted by Gasteiger charge is -2.07. The van der Waals surface area contributed by atoms with Gasteiger partial charge in [-0.1, -0.05) is 84.9 Å². The van der Waals surface area contributed by atoms with Crippen LogP contribution in [0.1, 0.15) is 5.56 Å². The molecule has 0 bridgehead atoms. The lowest BCUT2D eigenvalue weighted by Crippen LogP contribution is -1.86. The number of hydrogen-bond donors (Lipinski definition) is 1. The van der Waals surface area contributed by atoms with Gasteiger partial charge in [0.05, 0.1) is 5.69 Å². The molecule has 0 saturated heterocycles. The summed E-state index contributed by atoms with van der Waals surface area (Å²) in [7, 11) is 0. The quantitative estimate of drug-likeness (QED) is 0.455. The van der Waals surface area contributed by atoms with E-state index >= 15 is 0 Å². The van der Waals surface area contributed by atoms with Crippen LogP contribution in [0.15, 0.2) is 91.0 Å². The summed E-state index contributed by atoms with van der Waals surface area (Å²) in [4.78, 5) is 3.65. The van der Waals surface area contributed by atoms with E-state index in [1.54, 1.807) is 0 Å². The predicted octanol–water partition coefficient (Wildman–Crippen LogP) is 6.32. The molecule has 0 spiro atoms. The molecule has 0 fully saturated rings. The van der Waals surface area contributed by atoms with Crippen LogP contribution in [0.4, 0.5) is 0 Å². The van der Waals surface area contributed by atoms with Crippen LogP contribution in [0.2, 0.25) is 0 Å². The Labute approximate surface area is 142 Å². The molecule has 0 aliphatic heterocycles.